The van der Waals surface area contributed by atoms with Crippen LogP contribution in [0.4, 0.5) is 13.2 Å². The average molecular weight is 512 g/mol. The highest BCUT2D eigenvalue weighted by Gasteiger charge is 2.62. The van der Waals surface area contributed by atoms with Crippen LogP contribution in [0.25, 0.3) is 0 Å². The van der Waals surface area contributed by atoms with Gasteiger partial charge < -0.3 is 25.2 Å². The van der Waals surface area contributed by atoms with Crippen LogP contribution in [0.2, 0.25) is 5.02 Å². The van der Waals surface area contributed by atoms with Crippen molar-refractivity contribution >= 4 is 23.4 Å². The molecule has 2 atom stereocenters. The number of benzene rings is 1. The van der Waals surface area contributed by atoms with Gasteiger partial charge in [0.2, 0.25) is 0 Å². The van der Waals surface area contributed by atoms with E-state index in [1.165, 1.54) is 0 Å². The Morgan fingerprint density at radius 1 is 1.14 bits per heavy atom. The highest BCUT2D eigenvalue weighted by Crippen LogP contribution is 2.55. The number of halogens is 4. The summed E-state index contributed by atoms with van der Waals surface area (Å²) in [6.07, 6.45) is -3.36. The number of ether oxygens (including phenoxy) is 2. The lowest BCUT2D eigenvalue weighted by Gasteiger charge is -2.48. The van der Waals surface area contributed by atoms with Crippen molar-refractivity contribution in [3.05, 3.63) is 52.8 Å². The fraction of sp³-hybridized carbons (Fsp3) is 0.435. The highest BCUT2D eigenvalue weighted by molar-refractivity contribution is 6.30. The van der Waals surface area contributed by atoms with Crippen LogP contribution in [-0.2, 0) is 4.79 Å². The summed E-state index contributed by atoms with van der Waals surface area (Å²) >= 11 is 5.97. The molecule has 2 amide bonds. The number of carbonyl (C=O) groups is 2. The van der Waals surface area contributed by atoms with Crippen LogP contribution in [0.5, 0.6) is 11.5 Å². The first kappa shape index (κ1) is 23.7. The molecule has 2 aromatic rings. The van der Waals surface area contributed by atoms with E-state index in [0.717, 1.165) is 18.3 Å². The largest absolute Gasteiger partial charge is 0.573 e. The van der Waals surface area contributed by atoms with Crippen LogP contribution in [0.3, 0.4) is 0 Å². The number of alkyl halides is 3. The van der Waals surface area contributed by atoms with Crippen molar-refractivity contribution in [2.24, 2.45) is 0 Å². The quantitative estimate of drug-likeness (QED) is 0.567. The van der Waals surface area contributed by atoms with Gasteiger partial charge in [-0.3, -0.25) is 9.59 Å². The molecule has 0 radical (unpaired) electrons. The molecule has 3 N–H and O–H groups in total. The first-order chi connectivity index (χ1) is 16.4. The van der Waals surface area contributed by atoms with Gasteiger partial charge in [0.15, 0.2) is 6.10 Å². The molecule has 2 bridgehead atoms. The van der Waals surface area contributed by atoms with Gasteiger partial charge in [0.1, 0.15) is 17.2 Å². The lowest BCUT2D eigenvalue weighted by molar-refractivity contribution is -0.274. The summed E-state index contributed by atoms with van der Waals surface area (Å²) in [5.74, 6) is -0.960. The highest BCUT2D eigenvalue weighted by atomic mass is 35.5. The number of carbonyl (C=O) groups excluding carboxylic acids is 2. The van der Waals surface area contributed by atoms with Crippen LogP contribution in [-0.4, -0.2) is 45.4 Å². The smallest absolute Gasteiger partial charge is 0.480 e. The Balaban J connectivity index is 1.17. The fourth-order valence-electron chi connectivity index (χ4n) is 5.31. The van der Waals surface area contributed by atoms with Crippen LogP contribution >= 0.6 is 11.6 Å². The molecule has 3 saturated carbocycles. The number of aliphatic hydroxyl groups excluding tert-OH is 1. The molecule has 1 aromatic carbocycles. The summed E-state index contributed by atoms with van der Waals surface area (Å²) in [5.41, 5.74) is -0.511. The molecule has 0 saturated heterocycles. The Morgan fingerprint density at radius 3 is 2.51 bits per heavy atom. The standard InChI is InChI=1S/C23H21ClF3N3O5/c24-12-1-4-17-14(7-12)16(31)8-18(34-17)20(33)30-22-6-5-21(10-22,11-22)29-19(32)15-3-2-13(9-28-15)35-23(25,26)27/h1-4,7,9,16,18,31H,5-6,8,10-11H2,(H,29,32)(H,30,33). The van der Waals surface area contributed by atoms with Crippen LogP contribution in [0, 0.1) is 0 Å². The van der Waals surface area contributed by atoms with Crippen LogP contribution in [0.1, 0.15) is 54.3 Å². The van der Waals surface area contributed by atoms with E-state index in [4.69, 9.17) is 16.3 Å². The molecule has 6 rings (SSSR count). The third-order valence-corrected chi connectivity index (χ3v) is 6.97. The molecule has 3 fully saturated rings. The van der Waals surface area contributed by atoms with Crippen LogP contribution < -0.4 is 20.1 Å². The predicted molar refractivity (Wildman–Crippen MR) is 116 cm³/mol. The van der Waals surface area contributed by atoms with Gasteiger partial charge in [0.25, 0.3) is 11.8 Å². The summed E-state index contributed by atoms with van der Waals surface area (Å²) in [6, 6.07) is 7.04. The number of hydrogen-bond acceptors (Lipinski definition) is 6. The molecule has 4 aliphatic rings. The fourth-order valence-corrected chi connectivity index (χ4v) is 5.49. The molecule has 3 aliphatic carbocycles. The zero-order valence-electron chi connectivity index (χ0n) is 18.2. The van der Waals surface area contributed by atoms with Crippen molar-refractivity contribution < 1.29 is 37.3 Å². The summed E-state index contributed by atoms with van der Waals surface area (Å²) < 4.78 is 46.4. The Bertz CT molecular complexity index is 1170. The number of aliphatic hydroxyl groups is 1. The van der Waals surface area contributed by atoms with Crippen molar-refractivity contribution in [1.29, 1.82) is 0 Å². The molecule has 35 heavy (non-hydrogen) atoms. The third kappa shape index (κ3) is 4.74. The Morgan fingerprint density at radius 2 is 1.86 bits per heavy atom. The second-order valence-corrected chi connectivity index (χ2v) is 9.76. The van der Waals surface area contributed by atoms with E-state index in [9.17, 15) is 27.9 Å². The molecule has 186 valence electrons. The van der Waals surface area contributed by atoms with E-state index in [2.05, 4.69) is 20.4 Å². The SMILES string of the molecule is O=C(NC12CCC(NC(=O)C3CC(O)c4cc(Cl)ccc4O3)(C1)C2)c1ccc(OC(F)(F)F)cn1. The van der Waals surface area contributed by atoms with Gasteiger partial charge >= 0.3 is 6.36 Å². The second kappa shape index (κ2) is 8.27. The first-order valence-corrected chi connectivity index (χ1v) is 11.3. The topological polar surface area (TPSA) is 110 Å². The minimum atomic E-state index is -4.84. The number of rotatable bonds is 5. The van der Waals surface area contributed by atoms with E-state index in [1.54, 1.807) is 18.2 Å². The van der Waals surface area contributed by atoms with Crippen molar-refractivity contribution in [3.63, 3.8) is 0 Å². The number of aromatic nitrogens is 1. The first-order valence-electron chi connectivity index (χ1n) is 11.0. The lowest BCUT2D eigenvalue weighted by Crippen LogP contribution is -2.65. The number of amides is 2. The number of pyridine rings is 1. The van der Waals surface area contributed by atoms with Crippen molar-refractivity contribution in [3.8, 4) is 11.5 Å². The third-order valence-electron chi connectivity index (χ3n) is 6.74. The van der Waals surface area contributed by atoms with Gasteiger partial charge in [0.05, 0.1) is 12.3 Å². The molecule has 1 aromatic heterocycles. The number of hydrogen-bond donors (Lipinski definition) is 3. The average Bonchev–Trinajstić information content (AvgIpc) is 3.28. The van der Waals surface area contributed by atoms with Gasteiger partial charge in [0, 0.05) is 28.1 Å². The number of nitrogens with one attached hydrogen (secondary N) is 2. The van der Waals surface area contributed by atoms with Gasteiger partial charge in [-0.2, -0.15) is 0 Å². The predicted octanol–water partition coefficient (Wildman–Crippen LogP) is 3.43. The van der Waals surface area contributed by atoms with Crippen molar-refractivity contribution in [2.75, 3.05) is 0 Å². The van der Waals surface area contributed by atoms with Gasteiger partial charge in [-0.05, 0) is 56.0 Å². The van der Waals surface area contributed by atoms with Crippen LogP contribution in [0.15, 0.2) is 36.5 Å². The second-order valence-electron chi connectivity index (χ2n) is 9.32. The minimum absolute atomic E-state index is 0.0364. The van der Waals surface area contributed by atoms with Gasteiger partial charge in [-0.25, -0.2) is 4.98 Å². The van der Waals surface area contributed by atoms with E-state index in [-0.39, 0.29) is 18.0 Å². The maximum Gasteiger partial charge on any atom is 0.573 e. The minimum Gasteiger partial charge on any atom is -0.480 e. The summed E-state index contributed by atoms with van der Waals surface area (Å²) in [7, 11) is 0. The van der Waals surface area contributed by atoms with E-state index in [0.29, 0.717) is 42.0 Å². The van der Waals surface area contributed by atoms with Gasteiger partial charge in [-0.1, -0.05) is 11.6 Å². The summed E-state index contributed by atoms with van der Waals surface area (Å²) in [4.78, 5) is 29.3. The van der Waals surface area contributed by atoms with Crippen molar-refractivity contribution in [1.82, 2.24) is 15.6 Å². The Kier molecular flexibility index (Phi) is 5.59. The molecule has 2 heterocycles. The molecular formula is C23H21ClF3N3O5. The van der Waals surface area contributed by atoms with E-state index < -0.39 is 41.3 Å². The summed E-state index contributed by atoms with van der Waals surface area (Å²) in [6.45, 7) is 0. The molecular weight excluding hydrogens is 491 g/mol. The van der Waals surface area contributed by atoms with E-state index in [1.807, 2.05) is 0 Å². The number of nitrogens with zero attached hydrogens (tertiary/aromatic N) is 1. The maximum absolute atomic E-state index is 12.9. The molecule has 8 nitrogen and oxygen atoms in total. The van der Waals surface area contributed by atoms with E-state index >= 15 is 0 Å². The monoisotopic (exact) mass is 511 g/mol. The zero-order valence-corrected chi connectivity index (χ0v) is 18.9. The molecule has 1 aliphatic heterocycles. The summed E-state index contributed by atoms with van der Waals surface area (Å²) in [5, 5.41) is 16.8. The normalized spacial score (nSPS) is 28.8. The lowest BCUT2D eigenvalue weighted by atomic mass is 9.71. The molecule has 0 spiro atoms. The van der Waals surface area contributed by atoms with Gasteiger partial charge in [-0.15, -0.1) is 13.2 Å². The Labute approximate surface area is 202 Å². The zero-order chi connectivity index (χ0) is 25.0. The van der Waals surface area contributed by atoms with Crippen molar-refractivity contribution in [2.45, 2.75) is 61.8 Å². The maximum atomic E-state index is 12.9. The Hall–Kier alpha value is -3.05. The molecule has 12 heteroatoms. The number of fused-ring (bicyclic) bond motifs is 2. The molecule has 2 unspecified atom stereocenters.